The second-order valence-electron chi connectivity index (χ2n) is 8.13. The van der Waals surface area contributed by atoms with Gasteiger partial charge in [0.05, 0.1) is 0 Å². The lowest BCUT2D eigenvalue weighted by Crippen LogP contribution is -2.37. The summed E-state index contributed by atoms with van der Waals surface area (Å²) in [4.78, 5) is 27.5. The van der Waals surface area contributed by atoms with E-state index in [0.717, 1.165) is 36.1 Å². The Morgan fingerprint density at radius 1 is 1.21 bits per heavy atom. The molecule has 154 valence electrons. The molecule has 0 saturated heterocycles. The first-order chi connectivity index (χ1) is 14.0. The Labute approximate surface area is 176 Å². The fourth-order valence-electron chi connectivity index (χ4n) is 4.45. The molecule has 1 aliphatic heterocycles. The highest BCUT2D eigenvalue weighted by Crippen LogP contribution is 2.29. The Morgan fingerprint density at radius 3 is 2.66 bits per heavy atom. The van der Waals surface area contributed by atoms with E-state index >= 15 is 0 Å². The van der Waals surface area contributed by atoms with E-state index in [9.17, 15) is 9.59 Å². The van der Waals surface area contributed by atoms with Gasteiger partial charge in [0, 0.05) is 55.8 Å². The summed E-state index contributed by atoms with van der Waals surface area (Å²) in [6.07, 6.45) is 6.17. The Kier molecular flexibility index (Phi) is 5.90. The summed E-state index contributed by atoms with van der Waals surface area (Å²) in [6.45, 7) is 1.58. The molecule has 1 aromatic carbocycles. The number of nitrogens with one attached hydrogen (secondary N) is 1. The number of halogens is 1. The number of hydrogen-bond donors (Lipinski definition) is 1. The molecule has 1 aromatic heterocycles. The second kappa shape index (κ2) is 8.57. The van der Waals surface area contributed by atoms with Crippen molar-refractivity contribution in [1.29, 1.82) is 0 Å². The minimum atomic E-state index is -0.207. The minimum Gasteiger partial charge on any atom is -0.347 e. The first kappa shape index (κ1) is 20.0. The van der Waals surface area contributed by atoms with E-state index < -0.39 is 0 Å². The van der Waals surface area contributed by atoms with Crippen molar-refractivity contribution < 1.29 is 9.59 Å². The van der Waals surface area contributed by atoms with Gasteiger partial charge < -0.3 is 10.2 Å². The van der Waals surface area contributed by atoms with Gasteiger partial charge in [-0.15, -0.1) is 0 Å². The molecule has 1 fully saturated rings. The number of carbonyl (C=O) groups is 2. The molecule has 6 nitrogen and oxygen atoms in total. The third kappa shape index (κ3) is 4.47. The van der Waals surface area contributed by atoms with Crippen LogP contribution in [0.4, 0.5) is 0 Å². The number of nitrogens with zero attached hydrogens (tertiary/aromatic N) is 3. The highest BCUT2D eigenvalue weighted by atomic mass is 35.5. The molecule has 0 atom stereocenters. The molecular formula is C22H27ClN4O2. The normalized spacial score (nSPS) is 16.7. The molecule has 0 spiro atoms. The van der Waals surface area contributed by atoms with E-state index in [1.54, 1.807) is 16.8 Å². The summed E-state index contributed by atoms with van der Waals surface area (Å²) in [5.41, 5.74) is 3.33. The van der Waals surface area contributed by atoms with E-state index in [4.69, 9.17) is 11.6 Å². The Bertz CT molecular complexity index is 900. The number of aryl methyl sites for hydroxylation is 1. The lowest BCUT2D eigenvalue weighted by molar-refractivity contribution is -0.133. The lowest BCUT2D eigenvalue weighted by Gasteiger charge is -2.28. The fraction of sp³-hybridized carbons (Fsp3) is 0.500. The van der Waals surface area contributed by atoms with Crippen LogP contribution in [-0.4, -0.2) is 33.0 Å². The van der Waals surface area contributed by atoms with Gasteiger partial charge in [-0.1, -0.05) is 36.6 Å². The molecule has 2 amide bonds. The molecule has 0 unspecified atom stereocenters. The molecule has 29 heavy (non-hydrogen) atoms. The predicted molar refractivity (Wildman–Crippen MR) is 112 cm³/mol. The highest BCUT2D eigenvalue weighted by Gasteiger charge is 2.30. The number of hydrogen-bond acceptors (Lipinski definition) is 3. The molecular weight excluding hydrogens is 388 g/mol. The molecule has 1 aliphatic carbocycles. The van der Waals surface area contributed by atoms with Crippen LogP contribution in [-0.2, 0) is 31.4 Å². The number of fused-ring (bicyclic) bond motifs is 1. The summed E-state index contributed by atoms with van der Waals surface area (Å²) < 4.78 is 1.78. The first-order valence-electron chi connectivity index (χ1n) is 10.4. The Morgan fingerprint density at radius 2 is 1.93 bits per heavy atom. The maximum absolute atomic E-state index is 12.8. The summed E-state index contributed by atoms with van der Waals surface area (Å²) in [6, 6.07) is 7.39. The molecule has 2 heterocycles. The topological polar surface area (TPSA) is 67.2 Å². The van der Waals surface area contributed by atoms with Gasteiger partial charge >= 0.3 is 0 Å². The summed E-state index contributed by atoms with van der Waals surface area (Å²) >= 11 is 5.91. The molecule has 0 radical (unpaired) electrons. The van der Waals surface area contributed by atoms with E-state index in [1.807, 2.05) is 24.1 Å². The van der Waals surface area contributed by atoms with Gasteiger partial charge in [-0.3, -0.25) is 14.3 Å². The smallest absolute Gasteiger partial charge is 0.272 e. The van der Waals surface area contributed by atoms with Crippen LogP contribution in [0.25, 0.3) is 0 Å². The number of benzene rings is 1. The Hall–Kier alpha value is -2.34. The molecule has 4 rings (SSSR count). The van der Waals surface area contributed by atoms with Crippen LogP contribution in [0.15, 0.2) is 24.3 Å². The summed E-state index contributed by atoms with van der Waals surface area (Å²) in [5.74, 6) is 0.528. The Balaban J connectivity index is 1.43. The van der Waals surface area contributed by atoms with E-state index in [1.165, 1.54) is 12.8 Å². The highest BCUT2D eigenvalue weighted by molar-refractivity contribution is 6.30. The van der Waals surface area contributed by atoms with E-state index in [2.05, 4.69) is 10.4 Å². The van der Waals surface area contributed by atoms with Crippen LogP contribution in [0.5, 0.6) is 0 Å². The van der Waals surface area contributed by atoms with Crippen LogP contribution >= 0.6 is 11.6 Å². The van der Waals surface area contributed by atoms with Gasteiger partial charge in [0.2, 0.25) is 5.91 Å². The van der Waals surface area contributed by atoms with Crippen molar-refractivity contribution in [3.05, 3.63) is 51.8 Å². The van der Waals surface area contributed by atoms with Crippen molar-refractivity contribution in [2.45, 2.75) is 51.6 Å². The van der Waals surface area contributed by atoms with Crippen molar-refractivity contribution in [3.8, 4) is 0 Å². The average molecular weight is 415 g/mol. The van der Waals surface area contributed by atoms with Gasteiger partial charge in [-0.2, -0.15) is 5.10 Å². The maximum atomic E-state index is 12.8. The molecule has 7 heteroatoms. The van der Waals surface area contributed by atoms with Crippen LogP contribution in [0.3, 0.4) is 0 Å². The first-order valence-corrected chi connectivity index (χ1v) is 10.7. The van der Waals surface area contributed by atoms with Crippen LogP contribution < -0.4 is 5.32 Å². The number of amides is 2. The third-order valence-corrected chi connectivity index (χ3v) is 6.37. The molecule has 1 N–H and O–H groups in total. The van der Waals surface area contributed by atoms with Gasteiger partial charge in [-0.25, -0.2) is 0 Å². The van der Waals surface area contributed by atoms with Crippen molar-refractivity contribution >= 4 is 23.4 Å². The molecule has 0 bridgehead atoms. The maximum Gasteiger partial charge on any atom is 0.272 e. The fourth-order valence-corrected chi connectivity index (χ4v) is 4.57. The van der Waals surface area contributed by atoms with Crippen molar-refractivity contribution in [2.24, 2.45) is 13.0 Å². The lowest BCUT2D eigenvalue weighted by atomic mass is 10.0. The number of rotatable bonds is 5. The van der Waals surface area contributed by atoms with Gasteiger partial charge in [0.1, 0.15) is 0 Å². The van der Waals surface area contributed by atoms with Crippen molar-refractivity contribution in [3.63, 3.8) is 0 Å². The molecule has 2 aromatic rings. The van der Waals surface area contributed by atoms with Crippen molar-refractivity contribution in [1.82, 2.24) is 20.0 Å². The zero-order valence-electron chi connectivity index (χ0n) is 16.8. The van der Waals surface area contributed by atoms with Gasteiger partial charge in [0.15, 0.2) is 5.69 Å². The zero-order chi connectivity index (χ0) is 20.4. The number of carbonyl (C=O) groups excluding carboxylic acids is 2. The largest absolute Gasteiger partial charge is 0.347 e. The monoisotopic (exact) mass is 414 g/mol. The summed E-state index contributed by atoms with van der Waals surface area (Å²) in [7, 11) is 1.87. The van der Waals surface area contributed by atoms with Crippen molar-refractivity contribution in [2.75, 3.05) is 6.54 Å². The SMILES string of the molecule is Cn1nc(C(=O)NCc2ccc(Cl)cc2)c2c1CCN(C(=O)CC1CCCC1)C2. The zero-order valence-corrected chi connectivity index (χ0v) is 17.5. The number of aromatic nitrogens is 2. The predicted octanol–water partition coefficient (Wildman–Crippen LogP) is 3.47. The quantitative estimate of drug-likeness (QED) is 0.814. The van der Waals surface area contributed by atoms with Gasteiger partial charge in [-0.05, 0) is 36.5 Å². The second-order valence-corrected chi connectivity index (χ2v) is 8.56. The average Bonchev–Trinajstić information content (AvgIpc) is 3.35. The molecule has 2 aliphatic rings. The van der Waals surface area contributed by atoms with Crippen LogP contribution in [0.1, 0.15) is 59.4 Å². The van der Waals surface area contributed by atoms with E-state index in [0.29, 0.717) is 42.7 Å². The third-order valence-electron chi connectivity index (χ3n) is 6.11. The van der Waals surface area contributed by atoms with Crippen LogP contribution in [0, 0.1) is 5.92 Å². The minimum absolute atomic E-state index is 0.207. The summed E-state index contributed by atoms with van der Waals surface area (Å²) in [5, 5.41) is 8.07. The van der Waals surface area contributed by atoms with Crippen LogP contribution in [0.2, 0.25) is 5.02 Å². The van der Waals surface area contributed by atoms with E-state index in [-0.39, 0.29) is 11.8 Å². The molecule has 1 saturated carbocycles. The standard InChI is InChI=1S/C22H27ClN4O2/c1-26-19-10-11-27(20(28)12-15-4-2-3-5-15)14-18(19)21(25-26)22(29)24-13-16-6-8-17(23)9-7-16/h6-9,15H,2-5,10-14H2,1H3,(H,24,29). The van der Waals surface area contributed by atoms with Gasteiger partial charge in [0.25, 0.3) is 5.91 Å².